The van der Waals surface area contributed by atoms with Crippen molar-refractivity contribution in [2.24, 2.45) is 0 Å². The zero-order valence-electron chi connectivity index (χ0n) is 14.7. The largest absolute Gasteiger partial charge is 3.00 e. The molecule has 0 N–H and O–H groups in total. The van der Waals surface area contributed by atoms with Crippen LogP contribution in [0.2, 0.25) is 0 Å². The van der Waals surface area contributed by atoms with Crippen molar-refractivity contribution < 1.29 is 32.7 Å². The van der Waals surface area contributed by atoms with Crippen LogP contribution in [0.3, 0.4) is 0 Å². The van der Waals surface area contributed by atoms with E-state index in [4.69, 9.17) is 0 Å². The Labute approximate surface area is 176 Å². The molecule has 1 nitrogen and oxygen atoms in total. The molecule has 0 radical (unpaired) electrons. The molecular formula is C23H21NY+. The Morgan fingerprint density at radius 3 is 1.80 bits per heavy atom. The standard InChI is InChI=1S/C22H18N.CH3.Y/c1-18-10-12-20(13-11-18)15-17-22-9-5-8-21(23-22)16-14-19-6-3-2-4-7-19;;/h3-17H,1H3;1H3;/q2*-1;+3/b16-14+,17-15+;;. The zero-order valence-corrected chi connectivity index (χ0v) is 17.5. The number of aromatic nitrogens is 1. The van der Waals surface area contributed by atoms with Crippen LogP contribution in [0.4, 0.5) is 0 Å². The molecule has 25 heavy (non-hydrogen) atoms. The first kappa shape index (κ1) is 21.2. The summed E-state index contributed by atoms with van der Waals surface area (Å²) >= 11 is 0. The van der Waals surface area contributed by atoms with Crippen LogP contribution in [-0.4, -0.2) is 4.98 Å². The van der Waals surface area contributed by atoms with Crippen molar-refractivity contribution in [1.82, 2.24) is 4.98 Å². The molecule has 0 saturated carbocycles. The first-order chi connectivity index (χ1) is 11.3. The van der Waals surface area contributed by atoms with Gasteiger partial charge in [0.25, 0.3) is 0 Å². The Morgan fingerprint density at radius 1 is 0.720 bits per heavy atom. The molecule has 3 aromatic rings. The Bertz CT molecular complexity index is 818. The molecule has 0 aliphatic carbocycles. The average molecular weight is 400 g/mol. The Hall–Kier alpha value is -1.83. The molecule has 0 saturated heterocycles. The molecule has 0 atom stereocenters. The maximum absolute atomic E-state index is 4.64. The summed E-state index contributed by atoms with van der Waals surface area (Å²) in [6.45, 7) is 2.09. The van der Waals surface area contributed by atoms with Gasteiger partial charge in [0.15, 0.2) is 0 Å². The van der Waals surface area contributed by atoms with Crippen LogP contribution in [0.1, 0.15) is 28.1 Å². The molecule has 2 heteroatoms. The van der Waals surface area contributed by atoms with Crippen LogP contribution >= 0.6 is 0 Å². The second kappa shape index (κ2) is 10.9. The van der Waals surface area contributed by atoms with Crippen molar-refractivity contribution in [2.45, 2.75) is 6.92 Å². The maximum atomic E-state index is 4.64. The average Bonchev–Trinajstić information content (AvgIpc) is 2.61. The number of benzene rings is 2. The van der Waals surface area contributed by atoms with Gasteiger partial charge >= 0.3 is 32.7 Å². The molecule has 0 aliphatic heterocycles. The van der Waals surface area contributed by atoms with Crippen molar-refractivity contribution in [3.63, 3.8) is 0 Å². The van der Waals surface area contributed by atoms with E-state index in [1.54, 1.807) is 0 Å². The molecule has 2 aromatic carbocycles. The van der Waals surface area contributed by atoms with Crippen LogP contribution in [0.5, 0.6) is 0 Å². The van der Waals surface area contributed by atoms with E-state index < -0.39 is 0 Å². The normalized spacial score (nSPS) is 10.4. The van der Waals surface area contributed by atoms with Gasteiger partial charge in [-0.1, -0.05) is 48.0 Å². The summed E-state index contributed by atoms with van der Waals surface area (Å²) in [6, 6.07) is 25.4. The molecule has 0 spiro atoms. The van der Waals surface area contributed by atoms with Gasteiger partial charge in [0, 0.05) is 0 Å². The van der Waals surface area contributed by atoms with Crippen LogP contribution in [0, 0.1) is 20.4 Å². The summed E-state index contributed by atoms with van der Waals surface area (Å²) in [5, 5.41) is 0. The molecule has 0 unspecified atom stereocenters. The second-order valence-corrected chi connectivity index (χ2v) is 5.40. The van der Waals surface area contributed by atoms with Crippen LogP contribution in [0.25, 0.3) is 24.3 Å². The van der Waals surface area contributed by atoms with Crippen LogP contribution in [-0.2, 0) is 32.7 Å². The molecular weight excluding hydrogens is 379 g/mol. The van der Waals surface area contributed by atoms with E-state index >= 15 is 0 Å². The second-order valence-electron chi connectivity index (χ2n) is 5.40. The molecule has 120 valence electrons. The number of pyridine rings is 1. The van der Waals surface area contributed by atoms with Gasteiger partial charge in [-0.15, -0.1) is 5.56 Å². The van der Waals surface area contributed by atoms with Crippen molar-refractivity contribution in [2.75, 3.05) is 0 Å². The van der Waals surface area contributed by atoms with E-state index in [-0.39, 0.29) is 40.1 Å². The fraction of sp³-hybridized carbons (Fsp3) is 0.0435. The third-order valence-electron chi connectivity index (χ3n) is 3.51. The van der Waals surface area contributed by atoms with E-state index in [9.17, 15) is 0 Å². The molecule has 0 aliphatic rings. The van der Waals surface area contributed by atoms with E-state index in [0.717, 1.165) is 17.0 Å². The van der Waals surface area contributed by atoms with E-state index in [1.807, 2.05) is 54.6 Å². The number of nitrogens with zero attached hydrogens (tertiary/aromatic N) is 1. The van der Waals surface area contributed by atoms with Crippen molar-refractivity contribution in [1.29, 1.82) is 0 Å². The Kier molecular flexibility index (Phi) is 9.27. The van der Waals surface area contributed by atoms with Gasteiger partial charge in [-0.05, 0) is 36.8 Å². The molecule has 0 bridgehead atoms. The monoisotopic (exact) mass is 400 g/mol. The first-order valence-corrected chi connectivity index (χ1v) is 7.66. The van der Waals surface area contributed by atoms with Crippen molar-refractivity contribution >= 4 is 24.3 Å². The summed E-state index contributed by atoms with van der Waals surface area (Å²) in [5.41, 5.74) is 5.49. The fourth-order valence-electron chi connectivity index (χ4n) is 2.21. The number of aryl methyl sites for hydroxylation is 1. The Morgan fingerprint density at radius 2 is 1.24 bits per heavy atom. The van der Waals surface area contributed by atoms with Gasteiger partial charge < -0.3 is 7.43 Å². The SMILES string of the molecule is Cc1ccc(/C=C/c2cccc(/C=C/c3cc[c-]cc3)n2)cc1.[CH3-].[Y+3]. The minimum absolute atomic E-state index is 0. The third-order valence-corrected chi connectivity index (χ3v) is 3.51. The predicted molar refractivity (Wildman–Crippen MR) is 105 cm³/mol. The van der Waals surface area contributed by atoms with Crippen LogP contribution < -0.4 is 0 Å². The minimum atomic E-state index is 0. The number of rotatable bonds is 4. The summed E-state index contributed by atoms with van der Waals surface area (Å²) < 4.78 is 0. The van der Waals surface area contributed by atoms with E-state index in [1.165, 1.54) is 11.1 Å². The van der Waals surface area contributed by atoms with Crippen molar-refractivity contribution in [3.8, 4) is 0 Å². The minimum Gasteiger partial charge on any atom is -0.358 e. The molecule has 0 fully saturated rings. The third kappa shape index (κ3) is 6.90. The molecule has 1 aromatic heterocycles. The van der Waals surface area contributed by atoms with Gasteiger partial charge in [-0.25, -0.2) is 4.98 Å². The van der Waals surface area contributed by atoms with Crippen molar-refractivity contribution in [3.05, 3.63) is 108 Å². The van der Waals surface area contributed by atoms with Gasteiger partial charge in [0.05, 0.1) is 11.4 Å². The number of hydrogen-bond donors (Lipinski definition) is 0. The predicted octanol–water partition coefficient (Wildman–Crippen LogP) is 5.98. The maximum Gasteiger partial charge on any atom is 3.00 e. The van der Waals surface area contributed by atoms with Gasteiger partial charge in [-0.2, -0.15) is 30.3 Å². The summed E-state index contributed by atoms with van der Waals surface area (Å²) in [4.78, 5) is 4.64. The molecule has 3 rings (SSSR count). The Balaban J connectivity index is 0.00000156. The van der Waals surface area contributed by atoms with Gasteiger partial charge in [0.2, 0.25) is 0 Å². The summed E-state index contributed by atoms with van der Waals surface area (Å²) in [6.07, 6.45) is 8.21. The molecule has 0 amide bonds. The summed E-state index contributed by atoms with van der Waals surface area (Å²) in [5.74, 6) is 0. The zero-order chi connectivity index (χ0) is 15.9. The smallest absolute Gasteiger partial charge is 0.358 e. The summed E-state index contributed by atoms with van der Waals surface area (Å²) in [7, 11) is 0. The topological polar surface area (TPSA) is 12.9 Å². The van der Waals surface area contributed by atoms with Gasteiger partial charge in [-0.3, -0.25) is 0 Å². The van der Waals surface area contributed by atoms with E-state index in [2.05, 4.69) is 54.4 Å². The van der Waals surface area contributed by atoms with E-state index in [0.29, 0.717) is 0 Å². The number of hydrogen-bond acceptors (Lipinski definition) is 1. The van der Waals surface area contributed by atoms with Crippen LogP contribution in [0.15, 0.2) is 66.7 Å². The quantitative estimate of drug-likeness (QED) is 0.491. The van der Waals surface area contributed by atoms with Gasteiger partial charge in [0.1, 0.15) is 0 Å². The first-order valence-electron chi connectivity index (χ1n) is 7.66. The molecule has 1 heterocycles. The fourth-order valence-corrected chi connectivity index (χ4v) is 2.21.